The van der Waals surface area contributed by atoms with Crippen molar-refractivity contribution in [3.05, 3.63) is 58.7 Å². The van der Waals surface area contributed by atoms with Crippen LogP contribution in [0.1, 0.15) is 22.4 Å². The van der Waals surface area contributed by atoms with Crippen LogP contribution in [0.4, 0.5) is 4.39 Å². The number of methoxy groups -OCH3 is 1. The molecule has 0 aliphatic heterocycles. The molecular weight excluding hydrogens is 269 g/mol. The number of nitrogens with zero attached hydrogens (tertiary/aromatic N) is 1. The minimum Gasteiger partial charge on any atom is -0.496 e. The first-order chi connectivity index (χ1) is 10.0. The second-order valence-electron chi connectivity index (χ2n) is 5.20. The predicted octanol–water partition coefficient (Wildman–Crippen LogP) is 2.99. The molecule has 0 bridgehead atoms. The van der Waals surface area contributed by atoms with Crippen LogP contribution in [0.25, 0.3) is 0 Å². The SMILES string of the molecule is COc1c(C)cnc(CC(O)Cc2ccccc2F)c1C. The molecule has 2 rings (SSSR count). The highest BCUT2D eigenvalue weighted by atomic mass is 19.1. The summed E-state index contributed by atoms with van der Waals surface area (Å²) in [5, 5.41) is 10.2. The largest absolute Gasteiger partial charge is 0.496 e. The maximum Gasteiger partial charge on any atom is 0.128 e. The molecule has 0 fully saturated rings. The minimum absolute atomic E-state index is 0.268. The number of aliphatic hydroxyl groups is 1. The number of rotatable bonds is 5. The molecule has 0 radical (unpaired) electrons. The molecule has 112 valence electrons. The Hall–Kier alpha value is -1.94. The smallest absolute Gasteiger partial charge is 0.128 e. The van der Waals surface area contributed by atoms with Gasteiger partial charge < -0.3 is 9.84 Å². The Labute approximate surface area is 124 Å². The van der Waals surface area contributed by atoms with Gasteiger partial charge in [0.25, 0.3) is 0 Å². The molecule has 0 aliphatic rings. The van der Waals surface area contributed by atoms with Crippen LogP contribution in [-0.4, -0.2) is 23.3 Å². The minimum atomic E-state index is -0.680. The fourth-order valence-corrected chi connectivity index (χ4v) is 2.49. The fraction of sp³-hybridized carbons (Fsp3) is 0.353. The molecule has 1 atom stereocenters. The third-order valence-corrected chi connectivity index (χ3v) is 3.59. The number of aliphatic hydroxyl groups excluding tert-OH is 1. The van der Waals surface area contributed by atoms with Crippen molar-refractivity contribution in [2.24, 2.45) is 0 Å². The van der Waals surface area contributed by atoms with Gasteiger partial charge in [-0.15, -0.1) is 0 Å². The molecule has 1 heterocycles. The van der Waals surface area contributed by atoms with Gasteiger partial charge in [-0.25, -0.2) is 4.39 Å². The van der Waals surface area contributed by atoms with Crippen LogP contribution in [0.5, 0.6) is 5.75 Å². The molecule has 21 heavy (non-hydrogen) atoms. The standard InChI is InChI=1S/C17H20FNO2/c1-11-10-19-16(12(2)17(11)21-3)9-14(20)8-13-6-4-5-7-15(13)18/h4-7,10,14,20H,8-9H2,1-3H3. The van der Waals surface area contributed by atoms with E-state index in [1.807, 2.05) is 13.8 Å². The van der Waals surface area contributed by atoms with Crippen LogP contribution in [0.15, 0.2) is 30.5 Å². The number of ether oxygens (including phenoxy) is 1. The number of hydrogen-bond acceptors (Lipinski definition) is 3. The van der Waals surface area contributed by atoms with Gasteiger partial charge in [-0.3, -0.25) is 4.98 Å². The normalized spacial score (nSPS) is 12.2. The van der Waals surface area contributed by atoms with Crippen molar-refractivity contribution < 1.29 is 14.2 Å². The van der Waals surface area contributed by atoms with Crippen molar-refractivity contribution in [2.75, 3.05) is 7.11 Å². The van der Waals surface area contributed by atoms with E-state index >= 15 is 0 Å². The van der Waals surface area contributed by atoms with Gasteiger partial charge in [0.15, 0.2) is 0 Å². The second kappa shape index (κ2) is 6.68. The quantitative estimate of drug-likeness (QED) is 0.920. The molecule has 3 nitrogen and oxygen atoms in total. The molecular formula is C17H20FNO2. The highest BCUT2D eigenvalue weighted by molar-refractivity contribution is 5.41. The number of hydrogen-bond donors (Lipinski definition) is 1. The van der Waals surface area contributed by atoms with Crippen molar-refractivity contribution in [3.63, 3.8) is 0 Å². The summed E-state index contributed by atoms with van der Waals surface area (Å²) in [5.41, 5.74) is 3.18. The molecule has 2 aromatic rings. The Kier molecular flexibility index (Phi) is 4.91. The summed E-state index contributed by atoms with van der Waals surface area (Å²) in [5.74, 6) is 0.501. The zero-order valence-electron chi connectivity index (χ0n) is 12.6. The average Bonchev–Trinajstić information content (AvgIpc) is 2.45. The number of benzene rings is 1. The summed E-state index contributed by atoms with van der Waals surface area (Å²) in [6, 6.07) is 6.50. The predicted molar refractivity (Wildman–Crippen MR) is 80.1 cm³/mol. The van der Waals surface area contributed by atoms with Crippen molar-refractivity contribution in [1.29, 1.82) is 0 Å². The maximum atomic E-state index is 13.6. The van der Waals surface area contributed by atoms with E-state index in [4.69, 9.17) is 4.74 Å². The lowest BCUT2D eigenvalue weighted by Gasteiger charge is -2.15. The van der Waals surface area contributed by atoms with Crippen LogP contribution >= 0.6 is 0 Å². The molecule has 0 amide bonds. The molecule has 1 unspecified atom stereocenters. The van der Waals surface area contributed by atoms with E-state index in [-0.39, 0.29) is 12.2 Å². The summed E-state index contributed by atoms with van der Waals surface area (Å²) in [6.45, 7) is 3.85. The Morgan fingerprint density at radius 2 is 1.95 bits per heavy atom. The van der Waals surface area contributed by atoms with Gasteiger partial charge in [-0.05, 0) is 25.5 Å². The highest BCUT2D eigenvalue weighted by Crippen LogP contribution is 2.25. The summed E-state index contributed by atoms with van der Waals surface area (Å²) in [4.78, 5) is 4.36. The molecule has 4 heteroatoms. The second-order valence-corrected chi connectivity index (χ2v) is 5.20. The van der Waals surface area contributed by atoms with Crippen LogP contribution < -0.4 is 4.74 Å². The molecule has 1 N–H and O–H groups in total. The zero-order valence-corrected chi connectivity index (χ0v) is 12.6. The summed E-state index contributed by atoms with van der Waals surface area (Å²) in [7, 11) is 1.62. The summed E-state index contributed by atoms with van der Waals surface area (Å²) in [6.07, 6.45) is 1.69. The van der Waals surface area contributed by atoms with Crippen LogP contribution in [-0.2, 0) is 12.8 Å². The van der Waals surface area contributed by atoms with Crippen molar-refractivity contribution in [2.45, 2.75) is 32.8 Å². The van der Waals surface area contributed by atoms with Gasteiger partial charge in [-0.1, -0.05) is 18.2 Å². The molecule has 1 aromatic carbocycles. The summed E-state index contributed by atoms with van der Waals surface area (Å²) < 4.78 is 18.9. The lowest BCUT2D eigenvalue weighted by molar-refractivity contribution is 0.172. The number of aromatic nitrogens is 1. The lowest BCUT2D eigenvalue weighted by atomic mass is 10.0. The lowest BCUT2D eigenvalue weighted by Crippen LogP contribution is -2.17. The molecule has 0 spiro atoms. The fourth-order valence-electron chi connectivity index (χ4n) is 2.49. The first kappa shape index (κ1) is 15.4. The van der Waals surface area contributed by atoms with Crippen LogP contribution in [0.2, 0.25) is 0 Å². The molecule has 1 aromatic heterocycles. The Morgan fingerprint density at radius 1 is 1.24 bits per heavy atom. The van der Waals surface area contributed by atoms with Crippen molar-refractivity contribution >= 4 is 0 Å². The van der Waals surface area contributed by atoms with E-state index in [0.717, 1.165) is 22.6 Å². The van der Waals surface area contributed by atoms with Crippen molar-refractivity contribution in [1.82, 2.24) is 4.98 Å². The number of halogens is 1. The third kappa shape index (κ3) is 3.58. The molecule has 0 saturated heterocycles. The van der Waals surface area contributed by atoms with E-state index < -0.39 is 6.10 Å². The van der Waals surface area contributed by atoms with Crippen LogP contribution in [0.3, 0.4) is 0 Å². The van der Waals surface area contributed by atoms with Crippen molar-refractivity contribution in [3.8, 4) is 5.75 Å². The number of aryl methyl sites for hydroxylation is 1. The number of pyridine rings is 1. The monoisotopic (exact) mass is 289 g/mol. The van der Waals surface area contributed by atoms with Crippen LogP contribution in [0, 0.1) is 19.7 Å². The zero-order chi connectivity index (χ0) is 15.4. The third-order valence-electron chi connectivity index (χ3n) is 3.59. The topological polar surface area (TPSA) is 42.4 Å². The maximum absolute atomic E-state index is 13.6. The highest BCUT2D eigenvalue weighted by Gasteiger charge is 2.15. The summed E-state index contributed by atoms with van der Waals surface area (Å²) >= 11 is 0. The van der Waals surface area contributed by atoms with Gasteiger partial charge in [0.1, 0.15) is 11.6 Å². The van der Waals surface area contributed by atoms with E-state index in [1.54, 1.807) is 31.5 Å². The Morgan fingerprint density at radius 3 is 2.62 bits per heavy atom. The molecule has 0 aliphatic carbocycles. The van der Waals surface area contributed by atoms with E-state index in [2.05, 4.69) is 4.98 Å². The van der Waals surface area contributed by atoms with Gasteiger partial charge in [0, 0.05) is 35.9 Å². The van der Waals surface area contributed by atoms with Gasteiger partial charge >= 0.3 is 0 Å². The Bertz CT molecular complexity index is 628. The van der Waals surface area contributed by atoms with E-state index in [0.29, 0.717) is 12.0 Å². The molecule has 0 saturated carbocycles. The Balaban J connectivity index is 2.13. The van der Waals surface area contributed by atoms with E-state index in [1.165, 1.54) is 6.07 Å². The first-order valence-corrected chi connectivity index (χ1v) is 6.93. The first-order valence-electron chi connectivity index (χ1n) is 6.93. The van der Waals surface area contributed by atoms with Gasteiger partial charge in [-0.2, -0.15) is 0 Å². The van der Waals surface area contributed by atoms with E-state index in [9.17, 15) is 9.50 Å². The van der Waals surface area contributed by atoms with Gasteiger partial charge in [0.05, 0.1) is 13.2 Å². The average molecular weight is 289 g/mol. The van der Waals surface area contributed by atoms with Gasteiger partial charge in [0.2, 0.25) is 0 Å².